The van der Waals surface area contributed by atoms with Gasteiger partial charge < -0.3 is 5.32 Å². The lowest BCUT2D eigenvalue weighted by Crippen LogP contribution is -2.20. The number of likely N-dealkylation sites (N-methyl/N-ethyl adjacent to an activating group) is 1. The van der Waals surface area contributed by atoms with E-state index in [9.17, 15) is 0 Å². The molecular weight excluding hydrogens is 286 g/mol. The van der Waals surface area contributed by atoms with Crippen molar-refractivity contribution in [2.45, 2.75) is 12.5 Å². The summed E-state index contributed by atoms with van der Waals surface area (Å²) in [5.74, 6) is 0.842. The lowest BCUT2D eigenvalue weighted by molar-refractivity contribution is 0.561. The van der Waals surface area contributed by atoms with Gasteiger partial charge in [0, 0.05) is 33.5 Å². The molecule has 0 radical (unpaired) electrons. The summed E-state index contributed by atoms with van der Waals surface area (Å²) in [4.78, 5) is 9.86. The van der Waals surface area contributed by atoms with E-state index in [1.807, 2.05) is 13.1 Å². The average Bonchev–Trinajstić information content (AvgIpc) is 2.73. The van der Waals surface area contributed by atoms with Gasteiger partial charge in [0.05, 0.1) is 6.04 Å². The molecule has 1 unspecified atom stereocenters. The van der Waals surface area contributed by atoms with Crippen LogP contribution < -0.4 is 5.32 Å². The molecule has 1 N–H and O–H groups in total. The van der Waals surface area contributed by atoms with Crippen molar-refractivity contribution in [3.8, 4) is 0 Å². The molecule has 0 amide bonds. The normalized spacial score (nSPS) is 12.6. The Labute approximate surface area is 107 Å². The number of hydrogen-bond acceptors (Lipinski definition) is 4. The molecular formula is C11H12BrN3S. The molecule has 0 fully saturated rings. The van der Waals surface area contributed by atoms with Crippen molar-refractivity contribution in [1.29, 1.82) is 0 Å². The molecule has 0 aliphatic rings. The fourth-order valence-corrected chi connectivity index (χ4v) is 2.97. The van der Waals surface area contributed by atoms with Gasteiger partial charge in [-0.1, -0.05) is 0 Å². The van der Waals surface area contributed by atoms with Crippen LogP contribution in [0.5, 0.6) is 0 Å². The topological polar surface area (TPSA) is 37.8 Å². The predicted octanol–water partition coefficient (Wildman–Crippen LogP) is 2.80. The third-order valence-electron chi connectivity index (χ3n) is 2.27. The van der Waals surface area contributed by atoms with Gasteiger partial charge in [0.1, 0.15) is 5.82 Å². The third-order valence-corrected chi connectivity index (χ3v) is 3.99. The highest BCUT2D eigenvalue weighted by atomic mass is 79.9. The highest BCUT2D eigenvalue weighted by molar-refractivity contribution is 9.10. The summed E-state index contributed by atoms with van der Waals surface area (Å²) in [5, 5.41) is 5.33. The molecule has 84 valence electrons. The van der Waals surface area contributed by atoms with Crippen LogP contribution in [0.15, 0.2) is 34.4 Å². The zero-order valence-electron chi connectivity index (χ0n) is 8.85. The number of hydrogen-bond donors (Lipinski definition) is 1. The molecule has 0 saturated carbocycles. The van der Waals surface area contributed by atoms with Crippen molar-refractivity contribution in [2.75, 3.05) is 7.05 Å². The summed E-state index contributed by atoms with van der Waals surface area (Å²) < 4.78 is 1.14. The Bertz CT molecular complexity index is 444. The van der Waals surface area contributed by atoms with E-state index in [1.165, 1.54) is 4.88 Å². The number of aromatic nitrogens is 2. The van der Waals surface area contributed by atoms with Crippen LogP contribution in [0.25, 0.3) is 0 Å². The van der Waals surface area contributed by atoms with Crippen LogP contribution in [0.4, 0.5) is 0 Å². The molecule has 0 bridgehead atoms. The first kappa shape index (κ1) is 11.7. The number of thiophene rings is 1. The summed E-state index contributed by atoms with van der Waals surface area (Å²) in [7, 11) is 1.93. The van der Waals surface area contributed by atoms with Crippen molar-refractivity contribution in [1.82, 2.24) is 15.3 Å². The highest BCUT2D eigenvalue weighted by Gasteiger charge is 2.13. The van der Waals surface area contributed by atoms with Crippen molar-refractivity contribution in [3.63, 3.8) is 0 Å². The van der Waals surface area contributed by atoms with Crippen LogP contribution in [-0.2, 0) is 6.42 Å². The molecule has 2 heterocycles. The Morgan fingerprint density at radius 1 is 1.44 bits per heavy atom. The Hall–Kier alpha value is -0.780. The zero-order chi connectivity index (χ0) is 11.4. The van der Waals surface area contributed by atoms with E-state index in [0.717, 1.165) is 16.7 Å². The van der Waals surface area contributed by atoms with Crippen molar-refractivity contribution in [2.24, 2.45) is 0 Å². The molecule has 2 rings (SSSR count). The number of nitrogens with one attached hydrogen (secondary N) is 1. The lowest BCUT2D eigenvalue weighted by atomic mass is 10.1. The van der Waals surface area contributed by atoms with E-state index in [1.54, 1.807) is 23.7 Å². The van der Waals surface area contributed by atoms with Crippen LogP contribution in [0.1, 0.15) is 16.7 Å². The van der Waals surface area contributed by atoms with Gasteiger partial charge in [0.15, 0.2) is 0 Å². The minimum Gasteiger partial charge on any atom is -0.310 e. The smallest absolute Gasteiger partial charge is 0.145 e. The van der Waals surface area contributed by atoms with Gasteiger partial charge in [0.25, 0.3) is 0 Å². The van der Waals surface area contributed by atoms with E-state index in [4.69, 9.17) is 0 Å². The largest absolute Gasteiger partial charge is 0.310 e. The Balaban J connectivity index is 2.12. The van der Waals surface area contributed by atoms with Crippen LogP contribution in [0.3, 0.4) is 0 Å². The quantitative estimate of drug-likeness (QED) is 0.943. The third kappa shape index (κ3) is 2.87. The molecule has 0 spiro atoms. The van der Waals surface area contributed by atoms with Gasteiger partial charge >= 0.3 is 0 Å². The molecule has 5 heteroatoms. The van der Waals surface area contributed by atoms with Crippen molar-refractivity contribution < 1.29 is 0 Å². The minimum absolute atomic E-state index is 0.173. The summed E-state index contributed by atoms with van der Waals surface area (Å²) >= 11 is 5.20. The van der Waals surface area contributed by atoms with E-state index in [-0.39, 0.29) is 6.04 Å². The van der Waals surface area contributed by atoms with Crippen LogP contribution in [-0.4, -0.2) is 17.0 Å². The standard InChI is InChI=1S/C11H12BrN3S/c1-13-10(11-14-3-2-4-15-11)6-9-5-8(12)7-16-9/h2-5,7,10,13H,6H2,1H3. The fourth-order valence-electron chi connectivity index (χ4n) is 1.48. The summed E-state index contributed by atoms with van der Waals surface area (Å²) in [6.45, 7) is 0. The Morgan fingerprint density at radius 2 is 2.19 bits per heavy atom. The molecule has 1 atom stereocenters. The van der Waals surface area contributed by atoms with Gasteiger partial charge in [-0.15, -0.1) is 11.3 Å². The maximum absolute atomic E-state index is 4.27. The zero-order valence-corrected chi connectivity index (χ0v) is 11.3. The Morgan fingerprint density at radius 3 is 2.75 bits per heavy atom. The van der Waals surface area contributed by atoms with E-state index in [0.29, 0.717) is 0 Å². The van der Waals surface area contributed by atoms with E-state index in [2.05, 4.69) is 42.7 Å². The molecule has 0 aromatic carbocycles. The second-order valence-electron chi connectivity index (χ2n) is 3.38. The molecule has 2 aromatic heterocycles. The van der Waals surface area contributed by atoms with E-state index >= 15 is 0 Å². The maximum atomic E-state index is 4.27. The first-order valence-corrected chi connectivity index (χ1v) is 6.64. The van der Waals surface area contributed by atoms with Gasteiger partial charge in [-0.3, -0.25) is 0 Å². The second kappa shape index (κ2) is 5.52. The molecule has 0 saturated heterocycles. The highest BCUT2D eigenvalue weighted by Crippen LogP contribution is 2.24. The molecule has 0 aliphatic carbocycles. The van der Waals surface area contributed by atoms with Crippen LogP contribution in [0.2, 0.25) is 0 Å². The van der Waals surface area contributed by atoms with Crippen molar-refractivity contribution in [3.05, 3.63) is 45.1 Å². The lowest BCUT2D eigenvalue weighted by Gasteiger charge is -2.12. The van der Waals surface area contributed by atoms with Crippen LogP contribution in [0, 0.1) is 0 Å². The van der Waals surface area contributed by atoms with Crippen molar-refractivity contribution >= 4 is 27.3 Å². The van der Waals surface area contributed by atoms with Gasteiger partial charge in [-0.2, -0.15) is 0 Å². The van der Waals surface area contributed by atoms with E-state index < -0.39 is 0 Å². The first-order valence-electron chi connectivity index (χ1n) is 4.96. The van der Waals surface area contributed by atoms with Crippen LogP contribution >= 0.6 is 27.3 Å². The molecule has 2 aromatic rings. The number of rotatable bonds is 4. The van der Waals surface area contributed by atoms with Gasteiger partial charge in [-0.25, -0.2) is 9.97 Å². The number of nitrogens with zero attached hydrogens (tertiary/aromatic N) is 2. The summed E-state index contributed by atoms with van der Waals surface area (Å²) in [6.07, 6.45) is 4.46. The second-order valence-corrected chi connectivity index (χ2v) is 5.30. The molecule has 3 nitrogen and oxygen atoms in total. The molecule has 16 heavy (non-hydrogen) atoms. The maximum Gasteiger partial charge on any atom is 0.145 e. The number of halogens is 1. The van der Waals surface area contributed by atoms with Gasteiger partial charge in [-0.05, 0) is 35.1 Å². The fraction of sp³-hybridized carbons (Fsp3) is 0.273. The predicted molar refractivity (Wildman–Crippen MR) is 69.6 cm³/mol. The summed E-state index contributed by atoms with van der Waals surface area (Å²) in [5.41, 5.74) is 0. The van der Waals surface area contributed by atoms with Gasteiger partial charge in [0.2, 0.25) is 0 Å². The first-order chi connectivity index (χ1) is 7.79. The average molecular weight is 298 g/mol. The summed E-state index contributed by atoms with van der Waals surface area (Å²) in [6, 6.07) is 4.14. The Kier molecular flexibility index (Phi) is 4.04. The molecule has 0 aliphatic heterocycles. The minimum atomic E-state index is 0.173. The SMILES string of the molecule is CNC(Cc1cc(Br)cs1)c1ncccn1. The monoisotopic (exact) mass is 297 g/mol.